The molecule has 8 nitrogen and oxygen atoms in total. The van der Waals surface area contributed by atoms with Crippen LogP contribution in [0.3, 0.4) is 0 Å². The zero-order valence-corrected chi connectivity index (χ0v) is 13.9. The molecule has 128 valence electrons. The second kappa shape index (κ2) is 6.95. The molecule has 10 heteroatoms. The maximum atomic E-state index is 12.4. The number of hydrogen-bond donors (Lipinski definition) is 2. The van der Waals surface area contributed by atoms with Crippen molar-refractivity contribution in [2.24, 2.45) is 0 Å². The molecular weight excluding hydrogens is 344 g/mol. The van der Waals surface area contributed by atoms with E-state index in [1.165, 1.54) is 22.5 Å². The summed E-state index contributed by atoms with van der Waals surface area (Å²) in [7, 11) is -7.67. The molecule has 0 bridgehead atoms. The zero-order valence-electron chi connectivity index (χ0n) is 12.3. The molecule has 1 aliphatic heterocycles. The lowest BCUT2D eigenvalue weighted by Gasteiger charge is -2.16. The Bertz CT molecular complexity index is 782. The lowest BCUT2D eigenvalue weighted by atomic mass is 10.4. The van der Waals surface area contributed by atoms with Crippen LogP contribution in [0.15, 0.2) is 34.1 Å². The monoisotopic (exact) mass is 362 g/mol. The summed E-state index contributed by atoms with van der Waals surface area (Å²) in [6.45, 7) is 0.590. The standard InChI is InChI=1S/C13H18N2O6S2/c16-13(17)6-7-14-22(18,19)11-4-3-5-12(10-11)23(20,21)15-8-1-2-9-15/h3-5,10,14H,1-2,6-9H2,(H,16,17). The lowest BCUT2D eigenvalue weighted by molar-refractivity contribution is -0.136. The van der Waals surface area contributed by atoms with Gasteiger partial charge in [-0.05, 0) is 31.0 Å². The van der Waals surface area contributed by atoms with Crippen LogP contribution in [-0.4, -0.2) is 51.9 Å². The van der Waals surface area contributed by atoms with Crippen molar-refractivity contribution in [2.45, 2.75) is 29.1 Å². The van der Waals surface area contributed by atoms with Gasteiger partial charge in [-0.2, -0.15) is 4.31 Å². The number of carbonyl (C=O) groups is 1. The molecule has 0 radical (unpaired) electrons. The first kappa shape index (κ1) is 17.9. The molecule has 1 saturated heterocycles. The van der Waals surface area contributed by atoms with Gasteiger partial charge in [0.05, 0.1) is 16.2 Å². The average molecular weight is 362 g/mol. The van der Waals surface area contributed by atoms with E-state index in [0.29, 0.717) is 13.1 Å². The van der Waals surface area contributed by atoms with Crippen LogP contribution in [0.4, 0.5) is 0 Å². The van der Waals surface area contributed by atoms with Crippen LogP contribution in [0.5, 0.6) is 0 Å². The fourth-order valence-electron chi connectivity index (χ4n) is 2.26. The molecule has 2 rings (SSSR count). The molecule has 0 unspecified atom stereocenters. The zero-order chi connectivity index (χ0) is 17.1. The van der Waals surface area contributed by atoms with Gasteiger partial charge >= 0.3 is 5.97 Å². The third-order valence-electron chi connectivity index (χ3n) is 3.45. The quantitative estimate of drug-likeness (QED) is 0.716. The molecule has 0 spiro atoms. The number of nitrogens with one attached hydrogen (secondary N) is 1. The van der Waals surface area contributed by atoms with E-state index in [9.17, 15) is 21.6 Å². The largest absolute Gasteiger partial charge is 0.481 e. The summed E-state index contributed by atoms with van der Waals surface area (Å²) in [5.74, 6) is -1.13. The fourth-order valence-corrected chi connectivity index (χ4v) is 4.97. The first-order chi connectivity index (χ1) is 10.7. The maximum absolute atomic E-state index is 12.4. The molecule has 1 aromatic rings. The minimum atomic E-state index is -3.96. The molecule has 1 aliphatic rings. The second-order valence-electron chi connectivity index (χ2n) is 5.13. The normalized spacial score (nSPS) is 16.5. The summed E-state index contributed by atoms with van der Waals surface area (Å²) in [5.41, 5.74) is 0. The Morgan fingerprint density at radius 2 is 1.74 bits per heavy atom. The van der Waals surface area contributed by atoms with Gasteiger partial charge in [0.1, 0.15) is 0 Å². The molecule has 1 heterocycles. The highest BCUT2D eigenvalue weighted by molar-refractivity contribution is 7.90. The van der Waals surface area contributed by atoms with Crippen molar-refractivity contribution < 1.29 is 26.7 Å². The van der Waals surface area contributed by atoms with Crippen molar-refractivity contribution in [3.8, 4) is 0 Å². The average Bonchev–Trinajstić information content (AvgIpc) is 3.02. The van der Waals surface area contributed by atoms with Crippen molar-refractivity contribution in [1.82, 2.24) is 9.03 Å². The molecule has 0 aromatic heterocycles. The van der Waals surface area contributed by atoms with Crippen LogP contribution >= 0.6 is 0 Å². The van der Waals surface area contributed by atoms with Crippen molar-refractivity contribution in [3.05, 3.63) is 24.3 Å². The molecule has 1 aromatic carbocycles. The van der Waals surface area contributed by atoms with Crippen LogP contribution in [-0.2, 0) is 24.8 Å². The number of aliphatic carboxylic acids is 1. The van der Waals surface area contributed by atoms with Gasteiger partial charge in [0.2, 0.25) is 20.0 Å². The molecule has 0 saturated carbocycles. The molecular formula is C13H18N2O6S2. The highest BCUT2D eigenvalue weighted by atomic mass is 32.2. The second-order valence-corrected chi connectivity index (χ2v) is 8.83. The molecule has 0 aliphatic carbocycles. The topological polar surface area (TPSA) is 121 Å². The Balaban J connectivity index is 2.24. The van der Waals surface area contributed by atoms with E-state index in [1.807, 2.05) is 0 Å². The maximum Gasteiger partial charge on any atom is 0.304 e. The highest BCUT2D eigenvalue weighted by Gasteiger charge is 2.28. The first-order valence-corrected chi connectivity index (χ1v) is 9.97. The minimum Gasteiger partial charge on any atom is -0.481 e. The molecule has 2 N–H and O–H groups in total. The van der Waals surface area contributed by atoms with Crippen LogP contribution in [0, 0.1) is 0 Å². The predicted molar refractivity (Wildman–Crippen MR) is 81.9 cm³/mol. The predicted octanol–water partition coefficient (Wildman–Crippen LogP) is 0.224. The van der Waals surface area contributed by atoms with Crippen LogP contribution < -0.4 is 4.72 Å². The van der Waals surface area contributed by atoms with Gasteiger partial charge in [0.25, 0.3) is 0 Å². The number of carboxylic acid groups (broad SMARTS) is 1. The molecule has 23 heavy (non-hydrogen) atoms. The Morgan fingerprint density at radius 3 is 2.35 bits per heavy atom. The van der Waals surface area contributed by atoms with Crippen LogP contribution in [0.1, 0.15) is 19.3 Å². The Labute approximate surface area is 135 Å². The molecule has 0 atom stereocenters. The smallest absolute Gasteiger partial charge is 0.304 e. The van der Waals surface area contributed by atoms with E-state index in [4.69, 9.17) is 5.11 Å². The summed E-state index contributed by atoms with van der Waals surface area (Å²) in [6, 6.07) is 5.07. The molecule has 1 fully saturated rings. The van der Waals surface area contributed by atoms with Crippen molar-refractivity contribution in [1.29, 1.82) is 0 Å². The third kappa shape index (κ3) is 4.28. The molecule has 0 amide bonds. The van der Waals surface area contributed by atoms with Gasteiger partial charge in [0, 0.05) is 19.6 Å². The van der Waals surface area contributed by atoms with E-state index >= 15 is 0 Å². The summed E-state index contributed by atoms with van der Waals surface area (Å²) >= 11 is 0. The van der Waals surface area contributed by atoms with Gasteiger partial charge in [-0.1, -0.05) is 6.07 Å². The summed E-state index contributed by atoms with van der Waals surface area (Å²) in [5, 5.41) is 8.53. The summed E-state index contributed by atoms with van der Waals surface area (Å²) < 4.78 is 52.6. The number of hydrogen-bond acceptors (Lipinski definition) is 5. The fraction of sp³-hybridized carbons (Fsp3) is 0.462. The number of carboxylic acids is 1. The van der Waals surface area contributed by atoms with Gasteiger partial charge in [-0.15, -0.1) is 0 Å². The van der Waals surface area contributed by atoms with E-state index in [1.54, 1.807) is 0 Å². The number of rotatable bonds is 7. The first-order valence-electron chi connectivity index (χ1n) is 7.05. The SMILES string of the molecule is O=C(O)CCNS(=O)(=O)c1cccc(S(=O)(=O)N2CCCC2)c1. The van der Waals surface area contributed by atoms with Crippen molar-refractivity contribution >= 4 is 26.0 Å². The van der Waals surface area contributed by atoms with Gasteiger partial charge < -0.3 is 5.11 Å². The van der Waals surface area contributed by atoms with Gasteiger partial charge in [-0.25, -0.2) is 21.6 Å². The third-order valence-corrected chi connectivity index (χ3v) is 6.80. The number of benzene rings is 1. The Kier molecular flexibility index (Phi) is 5.40. The lowest BCUT2D eigenvalue weighted by Crippen LogP contribution is -2.29. The van der Waals surface area contributed by atoms with E-state index in [0.717, 1.165) is 18.9 Å². The minimum absolute atomic E-state index is 0.0829. The van der Waals surface area contributed by atoms with E-state index in [2.05, 4.69) is 4.72 Å². The van der Waals surface area contributed by atoms with Crippen molar-refractivity contribution in [3.63, 3.8) is 0 Å². The van der Waals surface area contributed by atoms with E-state index < -0.39 is 26.0 Å². The van der Waals surface area contributed by atoms with E-state index in [-0.39, 0.29) is 22.8 Å². The number of nitrogens with zero attached hydrogens (tertiary/aromatic N) is 1. The number of sulfonamides is 2. The van der Waals surface area contributed by atoms with Crippen LogP contribution in [0.2, 0.25) is 0 Å². The highest BCUT2D eigenvalue weighted by Crippen LogP contribution is 2.22. The van der Waals surface area contributed by atoms with Crippen LogP contribution in [0.25, 0.3) is 0 Å². The Hall–Kier alpha value is -1.49. The Morgan fingerprint density at radius 1 is 1.13 bits per heavy atom. The summed E-state index contributed by atoms with van der Waals surface area (Å²) in [4.78, 5) is 10.1. The van der Waals surface area contributed by atoms with Gasteiger partial charge in [-0.3, -0.25) is 4.79 Å². The van der Waals surface area contributed by atoms with Crippen molar-refractivity contribution in [2.75, 3.05) is 19.6 Å². The van der Waals surface area contributed by atoms with Gasteiger partial charge in [0.15, 0.2) is 0 Å². The summed E-state index contributed by atoms with van der Waals surface area (Å²) in [6.07, 6.45) is 1.22.